The Morgan fingerprint density at radius 1 is 0.455 bits per heavy atom. The molecule has 0 radical (unpaired) electrons. The highest BCUT2D eigenvalue weighted by Gasteiger charge is 2.21. The van der Waals surface area contributed by atoms with Crippen molar-refractivity contribution in [3.8, 4) is 0 Å². The van der Waals surface area contributed by atoms with Crippen molar-refractivity contribution in [1.82, 2.24) is 4.90 Å². The number of carbonyl (C=O) groups excluding carboxylic acids is 3. The highest BCUT2D eigenvalue weighted by Crippen LogP contribution is 2.22. The average Bonchev–Trinajstić information content (AvgIpc) is 3.19. The maximum absolute atomic E-state index is 13.0. The molecular formula is C45H87NO9. The van der Waals surface area contributed by atoms with Gasteiger partial charge in [0.2, 0.25) is 0 Å². The zero-order valence-corrected chi connectivity index (χ0v) is 36.7. The molecule has 0 aliphatic rings. The van der Waals surface area contributed by atoms with Crippen molar-refractivity contribution >= 4 is 18.1 Å². The van der Waals surface area contributed by atoms with Crippen LogP contribution in [0, 0.1) is 11.8 Å². The summed E-state index contributed by atoms with van der Waals surface area (Å²) in [6.45, 7) is 17.1. The largest absolute Gasteiger partial charge is 0.508 e. The smallest absolute Gasteiger partial charge is 0.465 e. The lowest BCUT2D eigenvalue weighted by molar-refractivity contribution is -0.161. The van der Waals surface area contributed by atoms with Crippen molar-refractivity contribution < 1.29 is 42.8 Å². The van der Waals surface area contributed by atoms with E-state index in [1.807, 2.05) is 0 Å². The van der Waals surface area contributed by atoms with Crippen LogP contribution < -0.4 is 0 Å². The molecule has 0 aromatic carbocycles. The first kappa shape index (κ1) is 53.1. The summed E-state index contributed by atoms with van der Waals surface area (Å²) in [7, 11) is 0. The molecule has 2 unspecified atom stereocenters. The standard InChI is InChI=1S/C45H87NO9/c1-7-13-17-20-22-25-33-50-44(51-34-26-23-21-18-14-8-2)31-30-42(47)53-37-41(39-55-45(49)52-35-27-32-46(11-5)12-6)38-54-43(48)36-40(28-16-10-4)29-24-19-15-9-3/h40-41,44H,7-39H2,1-6H3. The molecule has 10 nitrogen and oxygen atoms in total. The molecule has 0 saturated heterocycles. The second-order valence-electron chi connectivity index (χ2n) is 15.3. The molecule has 0 aliphatic carbocycles. The third-order valence-electron chi connectivity index (χ3n) is 10.2. The molecule has 0 fully saturated rings. The van der Waals surface area contributed by atoms with Gasteiger partial charge in [0, 0.05) is 32.6 Å². The Bertz CT molecular complexity index is 851. The molecule has 0 rings (SSSR count). The molecule has 2 atom stereocenters. The van der Waals surface area contributed by atoms with Gasteiger partial charge in [0.1, 0.15) is 19.8 Å². The van der Waals surface area contributed by atoms with E-state index >= 15 is 0 Å². The SMILES string of the molecule is CCCCCCCCOC(CCC(=O)OCC(COC(=O)CC(CCCC)CCCCCC)COC(=O)OCCCN(CC)CC)OCCCCCCCC. The number of ether oxygens (including phenoxy) is 6. The number of unbranched alkanes of at least 4 members (excludes halogenated alkanes) is 14. The molecular weight excluding hydrogens is 698 g/mol. The van der Waals surface area contributed by atoms with E-state index in [2.05, 4.69) is 46.4 Å². The van der Waals surface area contributed by atoms with Crippen LogP contribution in [0.3, 0.4) is 0 Å². The van der Waals surface area contributed by atoms with Gasteiger partial charge in [-0.05, 0) is 51.1 Å². The van der Waals surface area contributed by atoms with E-state index in [9.17, 15) is 14.4 Å². The molecule has 55 heavy (non-hydrogen) atoms. The number of esters is 2. The highest BCUT2D eigenvalue weighted by molar-refractivity contribution is 5.70. The fourth-order valence-electron chi connectivity index (χ4n) is 6.49. The first-order valence-corrected chi connectivity index (χ1v) is 22.9. The van der Waals surface area contributed by atoms with Gasteiger partial charge in [-0.2, -0.15) is 0 Å². The molecule has 0 aromatic heterocycles. The van der Waals surface area contributed by atoms with E-state index in [0.717, 1.165) is 77.4 Å². The molecule has 0 aliphatic heterocycles. The van der Waals surface area contributed by atoms with E-state index in [0.29, 0.717) is 38.4 Å². The van der Waals surface area contributed by atoms with Gasteiger partial charge in [-0.15, -0.1) is 0 Å². The minimum Gasteiger partial charge on any atom is -0.465 e. The van der Waals surface area contributed by atoms with Crippen molar-refractivity contribution in [3.05, 3.63) is 0 Å². The minimum absolute atomic E-state index is 0.0109. The Labute approximate surface area is 338 Å². The Hall–Kier alpha value is -1.91. The highest BCUT2D eigenvalue weighted by atomic mass is 16.7. The van der Waals surface area contributed by atoms with Crippen LogP contribution in [0.25, 0.3) is 0 Å². The topological polar surface area (TPSA) is 110 Å². The van der Waals surface area contributed by atoms with Crippen LogP contribution >= 0.6 is 0 Å². The fraction of sp³-hybridized carbons (Fsp3) is 0.933. The monoisotopic (exact) mass is 786 g/mol. The van der Waals surface area contributed by atoms with Crippen LogP contribution in [0.15, 0.2) is 0 Å². The van der Waals surface area contributed by atoms with E-state index in [4.69, 9.17) is 28.4 Å². The van der Waals surface area contributed by atoms with Gasteiger partial charge < -0.3 is 33.3 Å². The second kappa shape index (κ2) is 40.3. The van der Waals surface area contributed by atoms with Crippen LogP contribution in [0.2, 0.25) is 0 Å². The first-order chi connectivity index (χ1) is 26.8. The van der Waals surface area contributed by atoms with E-state index in [1.54, 1.807) is 0 Å². The predicted molar refractivity (Wildman–Crippen MR) is 223 cm³/mol. The molecule has 0 aromatic rings. The molecule has 0 bridgehead atoms. The lowest BCUT2D eigenvalue weighted by atomic mass is 9.92. The Morgan fingerprint density at radius 3 is 1.51 bits per heavy atom. The summed E-state index contributed by atoms with van der Waals surface area (Å²) < 4.78 is 34.3. The van der Waals surface area contributed by atoms with Crippen molar-refractivity contribution in [2.24, 2.45) is 11.8 Å². The summed E-state index contributed by atoms with van der Waals surface area (Å²) in [4.78, 5) is 40.7. The molecule has 0 saturated carbocycles. The predicted octanol–water partition coefficient (Wildman–Crippen LogP) is 11.6. The Kier molecular flexibility index (Phi) is 38.9. The zero-order valence-electron chi connectivity index (χ0n) is 36.7. The molecule has 0 N–H and O–H groups in total. The van der Waals surface area contributed by atoms with Crippen LogP contribution in [-0.4, -0.2) is 88.6 Å². The van der Waals surface area contributed by atoms with E-state index in [-0.39, 0.29) is 38.8 Å². The minimum atomic E-state index is -0.776. The van der Waals surface area contributed by atoms with E-state index in [1.165, 1.54) is 70.6 Å². The van der Waals surface area contributed by atoms with Gasteiger partial charge >= 0.3 is 18.1 Å². The lowest BCUT2D eigenvalue weighted by Gasteiger charge is -2.20. The molecule has 10 heteroatoms. The second-order valence-corrected chi connectivity index (χ2v) is 15.3. The van der Waals surface area contributed by atoms with Crippen LogP contribution in [-0.2, 0) is 38.0 Å². The van der Waals surface area contributed by atoms with Crippen molar-refractivity contribution in [1.29, 1.82) is 0 Å². The van der Waals surface area contributed by atoms with Gasteiger partial charge in [0.15, 0.2) is 6.29 Å². The van der Waals surface area contributed by atoms with Crippen molar-refractivity contribution in [2.75, 3.05) is 59.3 Å². The molecule has 0 spiro atoms. The summed E-state index contributed by atoms with van der Waals surface area (Å²) in [6.07, 6.45) is 23.4. The number of hydrogen-bond acceptors (Lipinski definition) is 10. The van der Waals surface area contributed by atoms with Gasteiger partial charge in [-0.25, -0.2) is 4.79 Å². The lowest BCUT2D eigenvalue weighted by Crippen LogP contribution is -2.28. The third-order valence-corrected chi connectivity index (χ3v) is 10.2. The van der Waals surface area contributed by atoms with Crippen LogP contribution in [0.1, 0.15) is 196 Å². The first-order valence-electron chi connectivity index (χ1n) is 22.9. The molecule has 0 amide bonds. The maximum atomic E-state index is 13.0. The maximum Gasteiger partial charge on any atom is 0.508 e. The van der Waals surface area contributed by atoms with Gasteiger partial charge in [-0.1, -0.05) is 144 Å². The molecule has 326 valence electrons. The van der Waals surface area contributed by atoms with Crippen molar-refractivity contribution in [2.45, 2.75) is 202 Å². The van der Waals surface area contributed by atoms with Gasteiger partial charge in [0.25, 0.3) is 0 Å². The third kappa shape index (κ3) is 35.0. The normalized spacial score (nSPS) is 12.6. The van der Waals surface area contributed by atoms with Crippen LogP contribution in [0.4, 0.5) is 4.79 Å². The summed E-state index contributed by atoms with van der Waals surface area (Å²) >= 11 is 0. The number of carbonyl (C=O) groups is 3. The van der Waals surface area contributed by atoms with Gasteiger partial charge in [0.05, 0.1) is 18.9 Å². The summed E-state index contributed by atoms with van der Waals surface area (Å²) in [6, 6.07) is 0. The Morgan fingerprint density at radius 2 is 0.945 bits per heavy atom. The Balaban J connectivity index is 5.17. The van der Waals surface area contributed by atoms with Crippen LogP contribution in [0.5, 0.6) is 0 Å². The average molecular weight is 786 g/mol. The summed E-state index contributed by atoms with van der Waals surface area (Å²) in [5.74, 6) is -0.876. The number of hydrogen-bond donors (Lipinski definition) is 0. The fourth-order valence-corrected chi connectivity index (χ4v) is 6.49. The van der Waals surface area contributed by atoms with E-state index < -0.39 is 24.3 Å². The summed E-state index contributed by atoms with van der Waals surface area (Å²) in [5, 5.41) is 0. The number of nitrogens with zero attached hydrogens (tertiary/aromatic N) is 1. The molecule has 0 heterocycles. The van der Waals surface area contributed by atoms with Gasteiger partial charge in [-0.3, -0.25) is 9.59 Å². The quantitative estimate of drug-likeness (QED) is 0.0257. The number of rotatable bonds is 41. The summed E-state index contributed by atoms with van der Waals surface area (Å²) in [5.41, 5.74) is 0. The van der Waals surface area contributed by atoms with Crippen molar-refractivity contribution in [3.63, 3.8) is 0 Å². The zero-order chi connectivity index (χ0) is 40.6.